The van der Waals surface area contributed by atoms with Crippen molar-refractivity contribution in [3.8, 4) is 5.69 Å². The van der Waals surface area contributed by atoms with Crippen LogP contribution in [-0.2, 0) is 6.42 Å². The van der Waals surface area contributed by atoms with Crippen LogP contribution >= 0.6 is 24.0 Å². The summed E-state index contributed by atoms with van der Waals surface area (Å²) in [6, 6.07) is 10.4. The third kappa shape index (κ3) is 5.01. The summed E-state index contributed by atoms with van der Waals surface area (Å²) in [5.41, 5.74) is 2.36. The molecule has 0 saturated carbocycles. The first-order valence-electron chi connectivity index (χ1n) is 7.06. The van der Waals surface area contributed by atoms with E-state index < -0.39 is 0 Å². The number of benzene rings is 1. The minimum Gasteiger partial charge on any atom is -0.349 e. The third-order valence-corrected chi connectivity index (χ3v) is 3.16. The summed E-state index contributed by atoms with van der Waals surface area (Å²) in [5, 5.41) is 4.22. The fraction of sp³-hybridized carbons (Fsp3) is 0.375. The first-order chi connectivity index (χ1) is 10.1. The Bertz CT molecular complexity index is 563. The van der Waals surface area contributed by atoms with Gasteiger partial charge in [0.15, 0.2) is 5.96 Å². The van der Waals surface area contributed by atoms with E-state index in [2.05, 4.69) is 34.4 Å². The van der Waals surface area contributed by atoms with E-state index in [1.54, 1.807) is 6.20 Å². The van der Waals surface area contributed by atoms with Crippen LogP contribution in [0.2, 0.25) is 0 Å². The zero-order valence-electron chi connectivity index (χ0n) is 13.6. The van der Waals surface area contributed by atoms with Crippen LogP contribution in [0.5, 0.6) is 0 Å². The van der Waals surface area contributed by atoms with E-state index >= 15 is 0 Å². The molecule has 0 aliphatic carbocycles. The molecule has 0 amide bonds. The van der Waals surface area contributed by atoms with Gasteiger partial charge in [-0.05, 0) is 30.2 Å². The van der Waals surface area contributed by atoms with Gasteiger partial charge in [-0.3, -0.25) is 4.99 Å². The van der Waals surface area contributed by atoms with Gasteiger partial charge < -0.3 is 9.80 Å². The highest BCUT2D eigenvalue weighted by molar-refractivity contribution is 14.0. The van der Waals surface area contributed by atoms with Crippen molar-refractivity contribution in [2.24, 2.45) is 4.99 Å². The largest absolute Gasteiger partial charge is 0.349 e. The molecule has 120 valence electrons. The quantitative estimate of drug-likeness (QED) is 0.439. The van der Waals surface area contributed by atoms with Crippen LogP contribution in [0.25, 0.3) is 5.69 Å². The number of hydrogen-bond donors (Lipinski definition) is 0. The van der Waals surface area contributed by atoms with Gasteiger partial charge in [0.1, 0.15) is 0 Å². The zero-order chi connectivity index (χ0) is 15.2. The second-order valence-electron chi connectivity index (χ2n) is 5.34. The molecular formula is C16H24IN5. The molecule has 2 rings (SSSR count). The zero-order valence-corrected chi connectivity index (χ0v) is 15.9. The lowest BCUT2D eigenvalue weighted by Gasteiger charge is -2.22. The van der Waals surface area contributed by atoms with E-state index in [-0.39, 0.29) is 24.0 Å². The maximum Gasteiger partial charge on any atom is 0.195 e. The molecule has 0 aliphatic rings. The molecular weight excluding hydrogens is 389 g/mol. The Labute approximate surface area is 149 Å². The standard InChI is InChI=1S/C16H23N5.HI/c1-19(2)16(20(3)4)17-12-10-14-6-8-15(9-7-14)21-13-5-11-18-21;/h5-9,11,13H,10,12H2,1-4H3;1H. The molecule has 0 unspecified atom stereocenters. The molecule has 0 N–H and O–H groups in total. The third-order valence-electron chi connectivity index (χ3n) is 3.16. The summed E-state index contributed by atoms with van der Waals surface area (Å²) in [4.78, 5) is 8.70. The fourth-order valence-corrected chi connectivity index (χ4v) is 2.20. The van der Waals surface area contributed by atoms with Gasteiger partial charge in [0, 0.05) is 47.1 Å². The van der Waals surface area contributed by atoms with Crippen LogP contribution < -0.4 is 0 Å². The maximum absolute atomic E-state index is 4.64. The highest BCUT2D eigenvalue weighted by atomic mass is 127. The number of guanidine groups is 1. The predicted molar refractivity (Wildman–Crippen MR) is 102 cm³/mol. The Morgan fingerprint density at radius 3 is 2.23 bits per heavy atom. The lowest BCUT2D eigenvalue weighted by Crippen LogP contribution is -2.35. The molecule has 1 aromatic carbocycles. The minimum absolute atomic E-state index is 0. The van der Waals surface area contributed by atoms with Gasteiger partial charge >= 0.3 is 0 Å². The van der Waals surface area contributed by atoms with Crippen molar-refractivity contribution < 1.29 is 0 Å². The molecule has 0 radical (unpaired) electrons. The Morgan fingerprint density at radius 2 is 1.73 bits per heavy atom. The minimum atomic E-state index is 0. The van der Waals surface area contributed by atoms with E-state index in [1.165, 1.54) is 5.56 Å². The van der Waals surface area contributed by atoms with E-state index in [0.29, 0.717) is 0 Å². The van der Waals surface area contributed by atoms with E-state index in [1.807, 2.05) is 54.9 Å². The topological polar surface area (TPSA) is 36.7 Å². The smallest absolute Gasteiger partial charge is 0.195 e. The molecule has 1 aromatic heterocycles. The Kier molecular flexibility index (Phi) is 7.37. The van der Waals surface area contributed by atoms with Crippen molar-refractivity contribution in [3.63, 3.8) is 0 Å². The molecule has 0 bridgehead atoms. The molecule has 0 fully saturated rings. The molecule has 0 saturated heterocycles. The van der Waals surface area contributed by atoms with Crippen molar-refractivity contribution >= 4 is 29.9 Å². The summed E-state index contributed by atoms with van der Waals surface area (Å²) in [5.74, 6) is 0.989. The van der Waals surface area contributed by atoms with Crippen LogP contribution in [0, 0.1) is 0 Å². The molecule has 1 heterocycles. The van der Waals surface area contributed by atoms with Gasteiger partial charge in [0.25, 0.3) is 0 Å². The van der Waals surface area contributed by atoms with Crippen LogP contribution in [0.15, 0.2) is 47.7 Å². The monoisotopic (exact) mass is 413 g/mol. The Morgan fingerprint density at radius 1 is 1.09 bits per heavy atom. The molecule has 6 heteroatoms. The van der Waals surface area contributed by atoms with Gasteiger partial charge in [-0.25, -0.2) is 4.68 Å². The van der Waals surface area contributed by atoms with Gasteiger partial charge in [-0.2, -0.15) is 5.10 Å². The second kappa shape index (κ2) is 8.77. The highest BCUT2D eigenvalue weighted by Gasteiger charge is 2.03. The van der Waals surface area contributed by atoms with E-state index in [0.717, 1.165) is 24.6 Å². The van der Waals surface area contributed by atoms with Crippen molar-refractivity contribution in [1.82, 2.24) is 19.6 Å². The van der Waals surface area contributed by atoms with Gasteiger partial charge in [-0.15, -0.1) is 24.0 Å². The average Bonchev–Trinajstić information content (AvgIpc) is 2.97. The van der Waals surface area contributed by atoms with Crippen molar-refractivity contribution in [2.75, 3.05) is 34.7 Å². The van der Waals surface area contributed by atoms with Gasteiger partial charge in [0.05, 0.1) is 5.69 Å². The molecule has 5 nitrogen and oxygen atoms in total. The number of rotatable bonds is 4. The molecule has 0 spiro atoms. The molecule has 22 heavy (non-hydrogen) atoms. The number of aromatic nitrogens is 2. The SMILES string of the molecule is CN(C)C(=NCCc1ccc(-n2cccn2)cc1)N(C)C.I. The fourth-order valence-electron chi connectivity index (χ4n) is 2.20. The van der Waals surface area contributed by atoms with E-state index in [9.17, 15) is 0 Å². The maximum atomic E-state index is 4.64. The predicted octanol–water partition coefficient (Wildman–Crippen LogP) is 2.51. The van der Waals surface area contributed by atoms with Gasteiger partial charge in [0.2, 0.25) is 0 Å². The molecule has 2 aromatic rings. The second-order valence-corrected chi connectivity index (χ2v) is 5.34. The number of halogens is 1. The van der Waals surface area contributed by atoms with Crippen LogP contribution in [0.3, 0.4) is 0 Å². The first kappa shape index (κ1) is 18.5. The highest BCUT2D eigenvalue weighted by Crippen LogP contribution is 2.09. The Balaban J connectivity index is 0.00000242. The summed E-state index contributed by atoms with van der Waals surface area (Å²) >= 11 is 0. The molecule has 0 atom stereocenters. The lowest BCUT2D eigenvalue weighted by molar-refractivity contribution is 0.479. The number of nitrogens with zero attached hydrogens (tertiary/aromatic N) is 5. The van der Waals surface area contributed by atoms with Gasteiger partial charge in [-0.1, -0.05) is 12.1 Å². The molecule has 0 aliphatic heterocycles. The van der Waals surface area contributed by atoms with E-state index in [4.69, 9.17) is 0 Å². The van der Waals surface area contributed by atoms with Crippen LogP contribution in [0.1, 0.15) is 5.56 Å². The summed E-state index contributed by atoms with van der Waals surface area (Å²) in [6.45, 7) is 0.785. The normalized spacial score (nSPS) is 9.82. The summed E-state index contributed by atoms with van der Waals surface area (Å²) in [6.07, 6.45) is 4.66. The number of aliphatic imine (C=N–C) groups is 1. The van der Waals surface area contributed by atoms with Crippen LogP contribution in [-0.4, -0.2) is 60.3 Å². The van der Waals surface area contributed by atoms with Crippen molar-refractivity contribution in [2.45, 2.75) is 6.42 Å². The van der Waals surface area contributed by atoms with Crippen molar-refractivity contribution in [1.29, 1.82) is 0 Å². The van der Waals surface area contributed by atoms with Crippen LogP contribution in [0.4, 0.5) is 0 Å². The first-order valence-corrected chi connectivity index (χ1v) is 7.06. The lowest BCUT2D eigenvalue weighted by atomic mass is 10.1. The van der Waals surface area contributed by atoms with Crippen molar-refractivity contribution in [3.05, 3.63) is 48.3 Å². The summed E-state index contributed by atoms with van der Waals surface area (Å²) < 4.78 is 1.86. The average molecular weight is 413 g/mol. The number of hydrogen-bond acceptors (Lipinski definition) is 2. The Hall–Kier alpha value is -1.57. The summed E-state index contributed by atoms with van der Waals surface area (Å²) in [7, 11) is 8.05.